The Morgan fingerprint density at radius 2 is 1.76 bits per heavy atom. The number of carboxylic acids is 1. The summed E-state index contributed by atoms with van der Waals surface area (Å²) >= 11 is 0. The summed E-state index contributed by atoms with van der Waals surface area (Å²) in [4.78, 5) is 26.1. The van der Waals surface area contributed by atoms with Gasteiger partial charge in [0.05, 0.1) is 6.61 Å². The second-order valence-corrected chi connectivity index (χ2v) is 4.73. The van der Waals surface area contributed by atoms with Crippen LogP contribution in [-0.4, -0.2) is 58.3 Å². The number of aliphatic hydroxyl groups is 1. The number of nitrogens with zero attached hydrogens (tertiary/aromatic N) is 2. The SMILES string of the molecule is CCCN(CC(=O)O)C(=O)N(CCO)Cc1ccccc1. The molecule has 1 aromatic rings. The Bertz CT molecular complexity index is 450. The number of carboxylic acid groups (broad SMARTS) is 1. The van der Waals surface area contributed by atoms with Crippen LogP contribution in [0.15, 0.2) is 30.3 Å². The van der Waals surface area contributed by atoms with Crippen LogP contribution >= 0.6 is 0 Å². The average molecular weight is 294 g/mol. The lowest BCUT2D eigenvalue weighted by Gasteiger charge is -2.29. The molecule has 0 atom stereocenters. The fourth-order valence-electron chi connectivity index (χ4n) is 2.04. The van der Waals surface area contributed by atoms with Gasteiger partial charge in [0.1, 0.15) is 6.54 Å². The third kappa shape index (κ3) is 5.83. The van der Waals surface area contributed by atoms with Crippen molar-refractivity contribution >= 4 is 12.0 Å². The monoisotopic (exact) mass is 294 g/mol. The van der Waals surface area contributed by atoms with E-state index in [0.29, 0.717) is 19.5 Å². The summed E-state index contributed by atoms with van der Waals surface area (Å²) in [6.07, 6.45) is 0.678. The molecular formula is C15H22N2O4. The van der Waals surface area contributed by atoms with E-state index >= 15 is 0 Å². The second-order valence-electron chi connectivity index (χ2n) is 4.73. The van der Waals surface area contributed by atoms with E-state index < -0.39 is 5.97 Å². The van der Waals surface area contributed by atoms with Crippen molar-refractivity contribution in [1.82, 2.24) is 9.80 Å². The zero-order valence-corrected chi connectivity index (χ0v) is 12.2. The van der Waals surface area contributed by atoms with Crippen LogP contribution < -0.4 is 0 Å². The van der Waals surface area contributed by atoms with Crippen molar-refractivity contribution in [1.29, 1.82) is 0 Å². The third-order valence-corrected chi connectivity index (χ3v) is 2.95. The highest BCUT2D eigenvalue weighted by Gasteiger charge is 2.22. The molecule has 1 rings (SSSR count). The van der Waals surface area contributed by atoms with Crippen molar-refractivity contribution in [2.45, 2.75) is 19.9 Å². The number of hydrogen-bond donors (Lipinski definition) is 2. The van der Waals surface area contributed by atoms with Gasteiger partial charge in [0, 0.05) is 19.6 Å². The van der Waals surface area contributed by atoms with Gasteiger partial charge in [-0.1, -0.05) is 37.3 Å². The molecule has 0 heterocycles. The molecule has 0 aromatic heterocycles. The Balaban J connectivity index is 2.80. The summed E-state index contributed by atoms with van der Waals surface area (Å²) in [5, 5.41) is 18.0. The number of urea groups is 1. The zero-order valence-electron chi connectivity index (χ0n) is 12.2. The van der Waals surface area contributed by atoms with Crippen molar-refractivity contribution in [3.63, 3.8) is 0 Å². The standard InChI is InChI=1S/C15H22N2O4/c1-2-8-16(12-14(19)20)15(21)17(9-10-18)11-13-6-4-3-5-7-13/h3-7,18H,2,8-12H2,1H3,(H,19,20). The number of carbonyl (C=O) groups is 2. The number of rotatable bonds is 8. The molecule has 6 heteroatoms. The minimum Gasteiger partial charge on any atom is -0.480 e. The van der Waals surface area contributed by atoms with E-state index in [9.17, 15) is 9.59 Å². The highest BCUT2D eigenvalue weighted by atomic mass is 16.4. The van der Waals surface area contributed by atoms with E-state index in [1.807, 2.05) is 37.3 Å². The van der Waals surface area contributed by atoms with Crippen LogP contribution in [0.25, 0.3) is 0 Å². The first kappa shape index (κ1) is 17.0. The fraction of sp³-hybridized carbons (Fsp3) is 0.467. The normalized spacial score (nSPS) is 10.2. The van der Waals surface area contributed by atoms with Crippen molar-refractivity contribution in [3.8, 4) is 0 Å². The number of amides is 2. The maximum absolute atomic E-state index is 12.4. The molecule has 6 nitrogen and oxygen atoms in total. The van der Waals surface area contributed by atoms with E-state index in [2.05, 4.69) is 0 Å². The van der Waals surface area contributed by atoms with Gasteiger partial charge in [-0.3, -0.25) is 4.79 Å². The van der Waals surface area contributed by atoms with Crippen LogP contribution in [0.1, 0.15) is 18.9 Å². The molecule has 0 spiro atoms. The van der Waals surface area contributed by atoms with Gasteiger partial charge in [-0.15, -0.1) is 0 Å². The predicted molar refractivity (Wildman–Crippen MR) is 78.8 cm³/mol. The Morgan fingerprint density at radius 3 is 2.29 bits per heavy atom. The van der Waals surface area contributed by atoms with E-state index in [4.69, 9.17) is 10.2 Å². The highest BCUT2D eigenvalue weighted by Crippen LogP contribution is 2.08. The molecule has 0 aliphatic carbocycles. The van der Waals surface area contributed by atoms with Crippen LogP contribution in [0.5, 0.6) is 0 Å². The summed E-state index contributed by atoms with van der Waals surface area (Å²) in [5.74, 6) is -1.04. The largest absolute Gasteiger partial charge is 0.480 e. The number of hydrogen-bond acceptors (Lipinski definition) is 3. The molecule has 0 unspecified atom stereocenters. The molecule has 0 bridgehead atoms. The molecule has 0 aliphatic rings. The van der Waals surface area contributed by atoms with Gasteiger partial charge in [0.2, 0.25) is 0 Å². The lowest BCUT2D eigenvalue weighted by Crippen LogP contribution is -2.46. The maximum Gasteiger partial charge on any atom is 0.323 e. The molecule has 2 N–H and O–H groups in total. The molecule has 21 heavy (non-hydrogen) atoms. The summed E-state index contributed by atoms with van der Waals surface area (Å²) in [5.41, 5.74) is 0.936. The molecular weight excluding hydrogens is 272 g/mol. The lowest BCUT2D eigenvalue weighted by atomic mass is 10.2. The van der Waals surface area contributed by atoms with Crippen molar-refractivity contribution < 1.29 is 19.8 Å². The van der Waals surface area contributed by atoms with E-state index in [1.165, 1.54) is 9.80 Å². The van der Waals surface area contributed by atoms with Gasteiger partial charge in [-0.25, -0.2) is 4.79 Å². The number of benzene rings is 1. The first-order valence-electron chi connectivity index (χ1n) is 6.99. The molecule has 0 radical (unpaired) electrons. The topological polar surface area (TPSA) is 81.1 Å². The molecule has 0 aliphatic heterocycles. The minimum atomic E-state index is -1.04. The van der Waals surface area contributed by atoms with Gasteiger partial charge < -0.3 is 20.0 Å². The number of aliphatic carboxylic acids is 1. The molecule has 1 aromatic carbocycles. The van der Waals surface area contributed by atoms with Gasteiger partial charge in [0.25, 0.3) is 0 Å². The van der Waals surface area contributed by atoms with Crippen LogP contribution in [0.4, 0.5) is 4.79 Å². The van der Waals surface area contributed by atoms with Gasteiger partial charge >= 0.3 is 12.0 Å². The first-order chi connectivity index (χ1) is 10.1. The Hall–Kier alpha value is -2.08. The molecule has 0 saturated heterocycles. The summed E-state index contributed by atoms with van der Waals surface area (Å²) < 4.78 is 0. The van der Waals surface area contributed by atoms with Crippen LogP contribution in [0, 0.1) is 0 Å². The third-order valence-electron chi connectivity index (χ3n) is 2.95. The highest BCUT2D eigenvalue weighted by molar-refractivity contribution is 5.80. The maximum atomic E-state index is 12.4. The smallest absolute Gasteiger partial charge is 0.323 e. The lowest BCUT2D eigenvalue weighted by molar-refractivity contribution is -0.137. The van der Waals surface area contributed by atoms with E-state index in [0.717, 1.165) is 5.56 Å². The second kappa shape index (κ2) is 8.97. The number of aliphatic hydroxyl groups excluding tert-OH is 1. The molecule has 0 saturated carbocycles. The summed E-state index contributed by atoms with van der Waals surface area (Å²) in [7, 11) is 0. The Morgan fingerprint density at radius 1 is 1.10 bits per heavy atom. The van der Waals surface area contributed by atoms with Gasteiger partial charge in [-0.05, 0) is 12.0 Å². The average Bonchev–Trinajstić information content (AvgIpc) is 2.46. The van der Waals surface area contributed by atoms with E-state index in [1.54, 1.807) is 0 Å². The van der Waals surface area contributed by atoms with Crippen LogP contribution in [0.3, 0.4) is 0 Å². The molecule has 2 amide bonds. The van der Waals surface area contributed by atoms with Crippen molar-refractivity contribution in [2.24, 2.45) is 0 Å². The number of carbonyl (C=O) groups excluding carboxylic acids is 1. The van der Waals surface area contributed by atoms with Crippen molar-refractivity contribution in [3.05, 3.63) is 35.9 Å². The Labute approximate surface area is 124 Å². The zero-order chi connectivity index (χ0) is 15.7. The summed E-state index contributed by atoms with van der Waals surface area (Å²) in [6, 6.07) is 9.04. The quantitative estimate of drug-likeness (QED) is 0.759. The first-order valence-corrected chi connectivity index (χ1v) is 6.99. The molecule has 0 fully saturated rings. The van der Waals surface area contributed by atoms with Crippen molar-refractivity contribution in [2.75, 3.05) is 26.2 Å². The predicted octanol–water partition coefficient (Wildman–Crippen LogP) is 1.40. The van der Waals surface area contributed by atoms with Gasteiger partial charge in [0.15, 0.2) is 0 Å². The van der Waals surface area contributed by atoms with E-state index in [-0.39, 0.29) is 25.7 Å². The van der Waals surface area contributed by atoms with Crippen LogP contribution in [-0.2, 0) is 11.3 Å². The minimum absolute atomic E-state index is 0.161. The fourth-order valence-corrected chi connectivity index (χ4v) is 2.04. The van der Waals surface area contributed by atoms with Gasteiger partial charge in [-0.2, -0.15) is 0 Å². The van der Waals surface area contributed by atoms with Crippen LogP contribution in [0.2, 0.25) is 0 Å². The summed E-state index contributed by atoms with van der Waals surface area (Å²) in [6.45, 7) is 2.29. The Kier molecular flexibility index (Phi) is 7.25. The molecule has 116 valence electrons.